The number of carbonyl (C=O) groups excluding carboxylic acids is 1. The maximum atomic E-state index is 11.3. The summed E-state index contributed by atoms with van der Waals surface area (Å²) < 4.78 is 5.51. The summed E-state index contributed by atoms with van der Waals surface area (Å²) in [5.74, 6) is 0. The van der Waals surface area contributed by atoms with Crippen LogP contribution in [0.25, 0.3) is 0 Å². The molecule has 0 saturated carbocycles. The Morgan fingerprint density at radius 3 is 2.89 bits per heavy atom. The third kappa shape index (κ3) is 2.34. The number of alkyl carbamates (subject to hydrolysis) is 1. The van der Waals surface area contributed by atoms with E-state index >= 15 is 0 Å². The second kappa shape index (κ2) is 4.61. The fraction of sp³-hybridized carbons (Fsp3) is 0.500. The van der Waals surface area contributed by atoms with Crippen molar-refractivity contribution < 1.29 is 9.53 Å². The molecular formula is C14H18N2O2. The number of likely N-dealkylation sites (tertiary alicyclic amines) is 1. The monoisotopic (exact) mass is 246 g/mol. The first kappa shape index (κ1) is 11.5. The smallest absolute Gasteiger partial charge is 0.407 e. The molecule has 0 radical (unpaired) electrons. The normalized spacial score (nSPS) is 28.1. The van der Waals surface area contributed by atoms with Crippen LogP contribution in [0.2, 0.25) is 0 Å². The van der Waals surface area contributed by atoms with Gasteiger partial charge in [0, 0.05) is 39.0 Å². The van der Waals surface area contributed by atoms with E-state index in [1.807, 2.05) is 6.07 Å². The molecule has 4 nitrogen and oxygen atoms in total. The van der Waals surface area contributed by atoms with Crippen LogP contribution in [0.5, 0.6) is 0 Å². The number of hydrogen-bond acceptors (Lipinski definition) is 3. The molecule has 1 aromatic rings. The fourth-order valence-electron chi connectivity index (χ4n) is 2.87. The van der Waals surface area contributed by atoms with Gasteiger partial charge in [0.25, 0.3) is 0 Å². The number of amides is 1. The quantitative estimate of drug-likeness (QED) is 0.864. The molecule has 3 rings (SSSR count). The SMILES string of the molecule is O=C1NCCC2(CCN(Cc3ccccc3)C2)O1. The number of nitrogens with one attached hydrogen (secondary N) is 1. The summed E-state index contributed by atoms with van der Waals surface area (Å²) in [6.07, 6.45) is 1.61. The predicted molar refractivity (Wildman–Crippen MR) is 68.2 cm³/mol. The van der Waals surface area contributed by atoms with E-state index in [1.54, 1.807) is 0 Å². The first-order valence-corrected chi connectivity index (χ1v) is 6.49. The van der Waals surface area contributed by atoms with E-state index in [9.17, 15) is 4.79 Å². The van der Waals surface area contributed by atoms with Crippen LogP contribution in [0.15, 0.2) is 30.3 Å². The summed E-state index contributed by atoms with van der Waals surface area (Å²) >= 11 is 0. The van der Waals surface area contributed by atoms with Crippen LogP contribution < -0.4 is 5.32 Å². The minimum atomic E-state index is -0.261. The van der Waals surface area contributed by atoms with Crippen molar-refractivity contribution >= 4 is 6.09 Å². The fourth-order valence-corrected chi connectivity index (χ4v) is 2.87. The molecule has 2 aliphatic heterocycles. The topological polar surface area (TPSA) is 41.6 Å². The number of carbonyl (C=O) groups is 1. The van der Waals surface area contributed by atoms with E-state index in [0.717, 1.165) is 39.0 Å². The van der Waals surface area contributed by atoms with Crippen LogP contribution in [0, 0.1) is 0 Å². The molecule has 2 aliphatic rings. The average molecular weight is 246 g/mol. The Bertz CT molecular complexity index is 435. The molecule has 2 fully saturated rings. The van der Waals surface area contributed by atoms with E-state index < -0.39 is 0 Å². The summed E-state index contributed by atoms with van der Waals surface area (Å²) in [5, 5.41) is 2.72. The highest BCUT2D eigenvalue weighted by Crippen LogP contribution is 2.31. The lowest BCUT2D eigenvalue weighted by atomic mass is 9.97. The van der Waals surface area contributed by atoms with Crippen LogP contribution >= 0.6 is 0 Å². The van der Waals surface area contributed by atoms with Gasteiger partial charge in [-0.2, -0.15) is 0 Å². The molecule has 0 aromatic heterocycles. The molecule has 2 saturated heterocycles. The van der Waals surface area contributed by atoms with Crippen LogP contribution in [0.4, 0.5) is 4.79 Å². The molecule has 2 heterocycles. The first-order valence-electron chi connectivity index (χ1n) is 6.49. The second-order valence-corrected chi connectivity index (χ2v) is 5.20. The zero-order valence-electron chi connectivity index (χ0n) is 10.4. The van der Waals surface area contributed by atoms with Crippen LogP contribution in [0.3, 0.4) is 0 Å². The van der Waals surface area contributed by atoms with Crippen molar-refractivity contribution in [1.82, 2.24) is 10.2 Å². The van der Waals surface area contributed by atoms with Crippen molar-refractivity contribution in [1.29, 1.82) is 0 Å². The molecule has 1 aromatic carbocycles. The van der Waals surface area contributed by atoms with Crippen molar-refractivity contribution in [2.45, 2.75) is 25.0 Å². The second-order valence-electron chi connectivity index (χ2n) is 5.20. The van der Waals surface area contributed by atoms with Crippen LogP contribution in [-0.4, -0.2) is 36.2 Å². The molecular weight excluding hydrogens is 228 g/mol. The Morgan fingerprint density at radius 1 is 1.28 bits per heavy atom. The third-order valence-corrected chi connectivity index (χ3v) is 3.80. The summed E-state index contributed by atoms with van der Waals surface area (Å²) in [4.78, 5) is 13.7. The highest BCUT2D eigenvalue weighted by molar-refractivity contribution is 5.68. The van der Waals surface area contributed by atoms with E-state index in [4.69, 9.17) is 4.74 Å². The van der Waals surface area contributed by atoms with Gasteiger partial charge in [0.2, 0.25) is 0 Å². The number of hydrogen-bond donors (Lipinski definition) is 1. The Labute approximate surface area is 107 Å². The molecule has 1 amide bonds. The summed E-state index contributed by atoms with van der Waals surface area (Å²) in [6, 6.07) is 10.4. The number of ether oxygens (including phenoxy) is 1. The standard InChI is InChI=1S/C14H18N2O2/c17-13-15-8-6-14(18-13)7-9-16(11-14)10-12-4-2-1-3-5-12/h1-5H,6-11H2,(H,15,17). The lowest BCUT2D eigenvalue weighted by Crippen LogP contribution is -2.48. The van der Waals surface area contributed by atoms with Gasteiger partial charge in [0.1, 0.15) is 5.60 Å². The average Bonchev–Trinajstić information content (AvgIpc) is 2.73. The molecule has 4 heteroatoms. The Morgan fingerprint density at radius 2 is 2.11 bits per heavy atom. The summed E-state index contributed by atoms with van der Waals surface area (Å²) in [7, 11) is 0. The lowest BCUT2D eigenvalue weighted by molar-refractivity contribution is -0.00573. The number of nitrogens with zero attached hydrogens (tertiary/aromatic N) is 1. The molecule has 96 valence electrons. The minimum absolute atomic E-state index is 0.239. The van der Waals surface area contributed by atoms with E-state index in [1.165, 1.54) is 5.56 Å². The van der Waals surface area contributed by atoms with Gasteiger partial charge in [-0.1, -0.05) is 30.3 Å². The molecule has 0 aliphatic carbocycles. The molecule has 1 spiro atoms. The first-order chi connectivity index (χ1) is 8.76. The molecule has 18 heavy (non-hydrogen) atoms. The Balaban J connectivity index is 1.63. The van der Waals surface area contributed by atoms with E-state index in [2.05, 4.69) is 34.5 Å². The predicted octanol–water partition coefficient (Wildman–Crippen LogP) is 1.76. The van der Waals surface area contributed by atoms with Crippen molar-refractivity contribution in [3.05, 3.63) is 35.9 Å². The van der Waals surface area contributed by atoms with Crippen molar-refractivity contribution in [3.8, 4) is 0 Å². The van der Waals surface area contributed by atoms with Crippen molar-refractivity contribution in [2.24, 2.45) is 0 Å². The zero-order valence-corrected chi connectivity index (χ0v) is 10.4. The van der Waals surface area contributed by atoms with Gasteiger partial charge in [0.15, 0.2) is 0 Å². The highest BCUT2D eigenvalue weighted by Gasteiger charge is 2.43. The van der Waals surface area contributed by atoms with Crippen LogP contribution in [0.1, 0.15) is 18.4 Å². The summed E-state index contributed by atoms with van der Waals surface area (Å²) in [6.45, 7) is 3.53. The highest BCUT2D eigenvalue weighted by atomic mass is 16.6. The van der Waals surface area contributed by atoms with Gasteiger partial charge in [-0.15, -0.1) is 0 Å². The maximum Gasteiger partial charge on any atom is 0.407 e. The van der Waals surface area contributed by atoms with Gasteiger partial charge in [-0.05, 0) is 5.56 Å². The number of benzene rings is 1. The van der Waals surface area contributed by atoms with Gasteiger partial charge in [-0.3, -0.25) is 4.90 Å². The van der Waals surface area contributed by atoms with Gasteiger partial charge < -0.3 is 10.1 Å². The van der Waals surface area contributed by atoms with E-state index in [-0.39, 0.29) is 11.7 Å². The lowest BCUT2D eigenvalue weighted by Gasteiger charge is -2.33. The Hall–Kier alpha value is -1.55. The van der Waals surface area contributed by atoms with E-state index in [0.29, 0.717) is 0 Å². The largest absolute Gasteiger partial charge is 0.441 e. The van der Waals surface area contributed by atoms with Gasteiger partial charge in [-0.25, -0.2) is 4.79 Å². The third-order valence-electron chi connectivity index (χ3n) is 3.80. The number of rotatable bonds is 2. The Kier molecular flexibility index (Phi) is 2.96. The molecule has 1 unspecified atom stereocenters. The molecule has 0 bridgehead atoms. The van der Waals surface area contributed by atoms with Crippen molar-refractivity contribution in [3.63, 3.8) is 0 Å². The van der Waals surface area contributed by atoms with Crippen LogP contribution in [-0.2, 0) is 11.3 Å². The summed E-state index contributed by atoms with van der Waals surface area (Å²) in [5.41, 5.74) is 1.08. The van der Waals surface area contributed by atoms with Crippen molar-refractivity contribution in [2.75, 3.05) is 19.6 Å². The van der Waals surface area contributed by atoms with Gasteiger partial charge in [0.05, 0.1) is 0 Å². The molecule has 1 atom stereocenters. The van der Waals surface area contributed by atoms with Gasteiger partial charge >= 0.3 is 6.09 Å². The maximum absolute atomic E-state index is 11.3. The minimum Gasteiger partial charge on any atom is -0.441 e. The molecule has 1 N–H and O–H groups in total. The zero-order chi connectivity index (χ0) is 12.4.